The highest BCUT2D eigenvalue weighted by Gasteiger charge is 2.25. The number of nitrogens with one attached hydrogen (secondary N) is 1. The maximum atomic E-state index is 6.18. The summed E-state index contributed by atoms with van der Waals surface area (Å²) < 4.78 is 6.18. The molecule has 0 amide bonds. The molecule has 0 saturated carbocycles. The van der Waals surface area contributed by atoms with Crippen LogP contribution in [0.5, 0.6) is 5.75 Å². The summed E-state index contributed by atoms with van der Waals surface area (Å²) in [6.45, 7) is 5.23. The minimum absolute atomic E-state index is 0.250. The van der Waals surface area contributed by atoms with E-state index in [1.165, 1.54) is 27.8 Å². The Morgan fingerprint density at radius 1 is 1.10 bits per heavy atom. The third-order valence-corrected chi connectivity index (χ3v) is 4.01. The Bertz CT molecular complexity index is 613. The smallest absolute Gasteiger partial charge is 0.130 e. The average molecular weight is 267 g/mol. The molecule has 0 aromatic heterocycles. The number of benzene rings is 2. The molecule has 0 fully saturated rings. The number of likely N-dealkylation sites (N-methyl/N-ethyl adjacent to an activating group) is 1. The van der Waals surface area contributed by atoms with Gasteiger partial charge in [-0.05, 0) is 43.1 Å². The van der Waals surface area contributed by atoms with Crippen LogP contribution in [0.3, 0.4) is 0 Å². The van der Waals surface area contributed by atoms with Crippen molar-refractivity contribution in [2.45, 2.75) is 26.4 Å². The number of aryl methyl sites for hydroxylation is 2. The lowest BCUT2D eigenvalue weighted by molar-refractivity contribution is 0.232. The van der Waals surface area contributed by atoms with E-state index in [9.17, 15) is 0 Å². The first kappa shape index (κ1) is 13.2. The van der Waals surface area contributed by atoms with E-state index in [0.717, 1.165) is 18.7 Å². The maximum Gasteiger partial charge on any atom is 0.130 e. The Hall–Kier alpha value is -1.80. The van der Waals surface area contributed by atoms with Crippen LogP contribution in [0.15, 0.2) is 36.4 Å². The van der Waals surface area contributed by atoms with Crippen LogP contribution < -0.4 is 10.1 Å². The molecular weight excluding hydrogens is 246 g/mol. The van der Waals surface area contributed by atoms with Crippen molar-refractivity contribution in [2.24, 2.45) is 0 Å². The number of fused-ring (bicyclic) bond motifs is 1. The zero-order chi connectivity index (χ0) is 14.1. The second-order valence-electron chi connectivity index (χ2n) is 5.56. The molecule has 0 bridgehead atoms. The Labute approximate surface area is 120 Å². The molecule has 1 aliphatic heterocycles. The summed E-state index contributed by atoms with van der Waals surface area (Å²) in [5, 5.41) is 3.20. The van der Waals surface area contributed by atoms with E-state index in [1.807, 2.05) is 7.05 Å². The Morgan fingerprint density at radius 2 is 1.80 bits per heavy atom. The molecule has 0 spiro atoms. The standard InChI is InChI=1S/C18H21NO/c1-12-6-4-7-13(2)17(12)16-9-5-8-14-10-15(11-19-3)20-18(14)16/h4-9,15,19H,10-11H2,1-3H3. The molecule has 1 atom stereocenters. The molecule has 0 saturated heterocycles. The molecule has 3 rings (SSSR count). The van der Waals surface area contributed by atoms with Crippen LogP contribution >= 0.6 is 0 Å². The summed E-state index contributed by atoms with van der Waals surface area (Å²) in [7, 11) is 1.97. The summed E-state index contributed by atoms with van der Waals surface area (Å²) in [5.74, 6) is 1.07. The third kappa shape index (κ3) is 2.20. The molecule has 1 N–H and O–H groups in total. The molecule has 0 aliphatic carbocycles. The molecule has 2 nitrogen and oxygen atoms in total. The minimum Gasteiger partial charge on any atom is -0.488 e. The van der Waals surface area contributed by atoms with Crippen LogP contribution in [0, 0.1) is 13.8 Å². The minimum atomic E-state index is 0.250. The lowest BCUT2D eigenvalue weighted by Gasteiger charge is -2.15. The first-order valence-corrected chi connectivity index (χ1v) is 7.20. The van der Waals surface area contributed by atoms with Gasteiger partial charge in [-0.25, -0.2) is 0 Å². The molecule has 2 aromatic carbocycles. The van der Waals surface area contributed by atoms with Crippen molar-refractivity contribution in [1.82, 2.24) is 5.32 Å². The molecule has 20 heavy (non-hydrogen) atoms. The fourth-order valence-electron chi connectivity index (χ4n) is 3.12. The van der Waals surface area contributed by atoms with Crippen molar-refractivity contribution in [3.63, 3.8) is 0 Å². The first-order valence-electron chi connectivity index (χ1n) is 7.20. The Morgan fingerprint density at radius 3 is 2.50 bits per heavy atom. The van der Waals surface area contributed by atoms with Crippen LogP contribution in [-0.4, -0.2) is 19.7 Å². The van der Waals surface area contributed by atoms with Gasteiger partial charge in [0.1, 0.15) is 11.9 Å². The largest absolute Gasteiger partial charge is 0.488 e. The Balaban J connectivity index is 2.08. The van der Waals surface area contributed by atoms with E-state index < -0.39 is 0 Å². The highest BCUT2D eigenvalue weighted by molar-refractivity contribution is 5.78. The van der Waals surface area contributed by atoms with Crippen LogP contribution in [0.2, 0.25) is 0 Å². The van der Waals surface area contributed by atoms with Gasteiger partial charge in [-0.3, -0.25) is 0 Å². The van der Waals surface area contributed by atoms with Gasteiger partial charge in [-0.2, -0.15) is 0 Å². The SMILES string of the molecule is CNCC1Cc2cccc(-c3c(C)cccc3C)c2O1. The van der Waals surface area contributed by atoms with Gasteiger partial charge >= 0.3 is 0 Å². The first-order chi connectivity index (χ1) is 9.70. The van der Waals surface area contributed by atoms with Crippen LogP contribution in [-0.2, 0) is 6.42 Å². The fraction of sp³-hybridized carbons (Fsp3) is 0.333. The zero-order valence-electron chi connectivity index (χ0n) is 12.4. The van der Waals surface area contributed by atoms with Gasteiger partial charge in [0.15, 0.2) is 0 Å². The number of hydrogen-bond acceptors (Lipinski definition) is 2. The van der Waals surface area contributed by atoms with Crippen molar-refractivity contribution in [1.29, 1.82) is 0 Å². The van der Waals surface area contributed by atoms with Gasteiger partial charge in [-0.1, -0.05) is 36.4 Å². The van der Waals surface area contributed by atoms with E-state index in [4.69, 9.17) is 4.74 Å². The molecule has 1 heterocycles. The molecule has 1 unspecified atom stereocenters. The van der Waals surface area contributed by atoms with Crippen molar-refractivity contribution in [3.8, 4) is 16.9 Å². The maximum absolute atomic E-state index is 6.18. The molecule has 1 aliphatic rings. The Kier molecular flexibility index (Phi) is 3.49. The number of para-hydroxylation sites is 1. The van der Waals surface area contributed by atoms with Gasteiger partial charge < -0.3 is 10.1 Å². The summed E-state index contributed by atoms with van der Waals surface area (Å²) in [5.41, 5.74) is 6.48. The van der Waals surface area contributed by atoms with E-state index in [1.54, 1.807) is 0 Å². The normalized spacial score (nSPS) is 16.9. The van der Waals surface area contributed by atoms with Gasteiger partial charge in [0, 0.05) is 18.5 Å². The van der Waals surface area contributed by atoms with Crippen LogP contribution in [0.1, 0.15) is 16.7 Å². The second kappa shape index (κ2) is 5.29. The van der Waals surface area contributed by atoms with E-state index in [0.29, 0.717) is 0 Å². The predicted molar refractivity (Wildman–Crippen MR) is 83.4 cm³/mol. The summed E-state index contributed by atoms with van der Waals surface area (Å²) >= 11 is 0. The van der Waals surface area contributed by atoms with Crippen LogP contribution in [0.4, 0.5) is 0 Å². The zero-order valence-corrected chi connectivity index (χ0v) is 12.4. The number of rotatable bonds is 3. The van der Waals surface area contributed by atoms with E-state index in [2.05, 4.69) is 55.6 Å². The second-order valence-corrected chi connectivity index (χ2v) is 5.56. The predicted octanol–water partition coefficient (Wildman–Crippen LogP) is 3.49. The summed E-state index contributed by atoms with van der Waals surface area (Å²) in [6, 6.07) is 13.0. The van der Waals surface area contributed by atoms with Crippen molar-refractivity contribution in [2.75, 3.05) is 13.6 Å². The van der Waals surface area contributed by atoms with Gasteiger partial charge in [0.05, 0.1) is 0 Å². The van der Waals surface area contributed by atoms with Crippen molar-refractivity contribution < 1.29 is 4.74 Å². The van der Waals surface area contributed by atoms with E-state index >= 15 is 0 Å². The highest BCUT2D eigenvalue weighted by Crippen LogP contribution is 2.41. The topological polar surface area (TPSA) is 21.3 Å². The molecular formula is C18H21NO. The van der Waals surface area contributed by atoms with Crippen molar-refractivity contribution >= 4 is 0 Å². The van der Waals surface area contributed by atoms with Gasteiger partial charge in [0.25, 0.3) is 0 Å². The molecule has 2 heteroatoms. The molecule has 2 aromatic rings. The number of ether oxygens (including phenoxy) is 1. The van der Waals surface area contributed by atoms with E-state index in [-0.39, 0.29) is 6.10 Å². The molecule has 104 valence electrons. The lowest BCUT2D eigenvalue weighted by Crippen LogP contribution is -2.27. The monoisotopic (exact) mass is 267 g/mol. The van der Waals surface area contributed by atoms with Gasteiger partial charge in [0.2, 0.25) is 0 Å². The quantitative estimate of drug-likeness (QED) is 0.919. The molecule has 0 radical (unpaired) electrons. The average Bonchev–Trinajstić information content (AvgIpc) is 2.82. The van der Waals surface area contributed by atoms with Crippen LogP contribution in [0.25, 0.3) is 11.1 Å². The fourth-order valence-corrected chi connectivity index (χ4v) is 3.12. The number of hydrogen-bond donors (Lipinski definition) is 1. The third-order valence-electron chi connectivity index (χ3n) is 4.01. The van der Waals surface area contributed by atoms with Gasteiger partial charge in [-0.15, -0.1) is 0 Å². The van der Waals surface area contributed by atoms with Crippen molar-refractivity contribution in [3.05, 3.63) is 53.1 Å². The lowest BCUT2D eigenvalue weighted by atomic mass is 9.93. The highest BCUT2D eigenvalue weighted by atomic mass is 16.5. The summed E-state index contributed by atoms with van der Waals surface area (Å²) in [4.78, 5) is 0. The summed E-state index contributed by atoms with van der Waals surface area (Å²) in [6.07, 6.45) is 1.25.